The third kappa shape index (κ3) is 13.1. The minimum absolute atomic E-state index is 0.00401. The zero-order valence-corrected chi connectivity index (χ0v) is 45.0. The normalized spacial score (nSPS) is 23.3. The van der Waals surface area contributed by atoms with Gasteiger partial charge in [-0.3, -0.25) is 9.59 Å². The fraction of sp³-hybridized carbons (Fsp3) is 0.552. The van der Waals surface area contributed by atoms with E-state index in [0.717, 1.165) is 38.5 Å². The van der Waals surface area contributed by atoms with Crippen LogP contribution < -0.4 is 0 Å². The maximum atomic E-state index is 12.0. The van der Waals surface area contributed by atoms with Gasteiger partial charge in [0.15, 0.2) is 0 Å². The molecule has 0 amide bonds. The molecule has 4 aliphatic carbocycles. The topological polar surface area (TPSA) is 89.5 Å². The average molecular weight is 969 g/mol. The predicted molar refractivity (Wildman–Crippen MR) is 279 cm³/mol. The number of carbonyl (C=O) groups excluding carboxylic acids is 2. The molecular formula is C58H80O8S2. The highest BCUT2D eigenvalue weighted by atomic mass is 32.1. The van der Waals surface area contributed by atoms with Crippen LogP contribution in [0.1, 0.15) is 167 Å². The highest BCUT2D eigenvalue weighted by molar-refractivity contribution is 7.75. The van der Waals surface area contributed by atoms with Crippen LogP contribution in [0.4, 0.5) is 0 Å². The predicted octanol–water partition coefficient (Wildman–Crippen LogP) is 14.7. The molecule has 0 heterocycles. The summed E-state index contributed by atoms with van der Waals surface area (Å²) in [5.41, 5.74) is 9.64. The van der Waals surface area contributed by atoms with Gasteiger partial charge in [-0.05, 0) is 116 Å². The molecule has 4 aromatic rings. The highest BCUT2D eigenvalue weighted by Crippen LogP contribution is 2.65. The van der Waals surface area contributed by atoms with Crippen LogP contribution in [-0.4, -0.2) is 24.8 Å². The van der Waals surface area contributed by atoms with Crippen molar-refractivity contribution < 1.29 is 38.1 Å². The molecule has 8 nitrogen and oxygen atoms in total. The smallest absolute Gasteiger partial charge is 0.142 e. The maximum Gasteiger partial charge on any atom is 0.142 e. The molecule has 10 heteroatoms. The van der Waals surface area contributed by atoms with E-state index in [-0.39, 0.29) is 51.1 Å². The number of rotatable bonds is 12. The molecule has 68 heavy (non-hydrogen) atoms. The van der Waals surface area contributed by atoms with Crippen LogP contribution in [0.5, 0.6) is 0 Å². The van der Waals surface area contributed by atoms with E-state index in [1.807, 2.05) is 0 Å². The summed E-state index contributed by atoms with van der Waals surface area (Å²) in [4.78, 5) is 33.7. The van der Waals surface area contributed by atoms with Crippen LogP contribution in [0.15, 0.2) is 103 Å². The summed E-state index contributed by atoms with van der Waals surface area (Å²) in [7, 11) is 0. The molecule has 4 fully saturated rings. The van der Waals surface area contributed by atoms with Crippen molar-refractivity contribution in [1.29, 1.82) is 0 Å². The molecule has 0 radical (unpaired) electrons. The second-order valence-corrected chi connectivity index (χ2v) is 24.1. The van der Waals surface area contributed by atoms with E-state index in [4.69, 9.17) is 9.78 Å². The van der Waals surface area contributed by atoms with Crippen molar-refractivity contribution in [1.82, 2.24) is 0 Å². The molecule has 4 bridgehead atoms. The van der Waals surface area contributed by atoms with Crippen molar-refractivity contribution in [3.05, 3.63) is 142 Å². The van der Waals surface area contributed by atoms with E-state index in [9.17, 15) is 9.59 Å². The van der Waals surface area contributed by atoms with Gasteiger partial charge < -0.3 is 0 Å². The first-order chi connectivity index (χ1) is 31.8. The van der Waals surface area contributed by atoms with Crippen molar-refractivity contribution in [3.8, 4) is 0 Å². The summed E-state index contributed by atoms with van der Waals surface area (Å²) in [5, 5.41) is 8.59. The Hall–Kier alpha value is -3.32. The van der Waals surface area contributed by atoms with E-state index in [1.54, 1.807) is 0 Å². The number of ketones is 2. The fourth-order valence-electron chi connectivity index (χ4n) is 10.9. The molecule has 4 saturated carbocycles. The van der Waals surface area contributed by atoms with E-state index in [2.05, 4.69) is 238 Å². The average Bonchev–Trinajstić information content (AvgIpc) is 3.82. The number of fused-ring (bicyclic) bond motifs is 4. The van der Waals surface area contributed by atoms with Crippen molar-refractivity contribution in [2.45, 2.75) is 158 Å². The molecule has 0 aliphatic heterocycles. The zero-order valence-electron chi connectivity index (χ0n) is 43.2. The van der Waals surface area contributed by atoms with Crippen LogP contribution >= 0.6 is 25.8 Å². The summed E-state index contributed by atoms with van der Waals surface area (Å²) >= 11 is 6.80. The lowest BCUT2D eigenvalue weighted by molar-refractivity contribution is -0.466. The van der Waals surface area contributed by atoms with Gasteiger partial charge in [-0.15, -0.1) is 8.67 Å². The number of hydrogen-bond donors (Lipinski definition) is 2. The number of hydrogen-bond acceptors (Lipinski definition) is 10. The van der Waals surface area contributed by atoms with E-state index < -0.39 is 0 Å². The minimum Gasteiger partial charge on any atom is -0.299 e. The highest BCUT2D eigenvalue weighted by Gasteiger charge is 2.65. The van der Waals surface area contributed by atoms with Crippen LogP contribution in [0.3, 0.4) is 0 Å². The summed E-state index contributed by atoms with van der Waals surface area (Å²) in [6, 6.07) is 37.7. The van der Waals surface area contributed by atoms with Gasteiger partial charge >= 0.3 is 0 Å². The van der Waals surface area contributed by atoms with Gasteiger partial charge in [0.25, 0.3) is 0 Å². The van der Waals surface area contributed by atoms with Gasteiger partial charge in [0.2, 0.25) is 0 Å². The molecule has 8 rings (SSSR count). The number of carbonyl (C=O) groups is 2. The van der Waals surface area contributed by atoms with E-state index in [0.29, 0.717) is 36.2 Å². The van der Waals surface area contributed by atoms with Crippen LogP contribution in [-0.2, 0) is 67.2 Å². The van der Waals surface area contributed by atoms with E-state index in [1.165, 1.54) is 38.9 Å². The molecular weight excluding hydrogens is 889 g/mol. The lowest BCUT2D eigenvalue weighted by atomic mass is 9.69. The monoisotopic (exact) mass is 969 g/mol. The van der Waals surface area contributed by atoms with Crippen LogP contribution in [0.25, 0.3) is 0 Å². The first-order valence-electron chi connectivity index (χ1n) is 24.4. The zero-order chi connectivity index (χ0) is 50.2. The molecule has 4 aromatic carbocycles. The van der Waals surface area contributed by atoms with Crippen LogP contribution in [0, 0.1) is 33.5 Å². The molecule has 0 spiro atoms. The lowest BCUT2D eigenvalue weighted by Crippen LogP contribution is -2.40. The molecule has 0 N–H and O–H groups in total. The second kappa shape index (κ2) is 22.8. The Morgan fingerprint density at radius 2 is 0.765 bits per heavy atom. The Morgan fingerprint density at radius 3 is 1.00 bits per heavy atom. The van der Waals surface area contributed by atoms with Crippen molar-refractivity contribution in [3.63, 3.8) is 0 Å². The Labute approximate surface area is 419 Å². The Balaban J connectivity index is 0.000000171. The first kappa shape index (κ1) is 55.6. The number of Topliss-reactive ketones (excluding diaryl/α,β-unsaturated/α-hetero) is 2. The number of benzene rings is 4. The second-order valence-electron chi connectivity index (χ2n) is 23.8. The standard InChI is InChI=1S/C21H28.C17H20.2C10H16O4S/c1-20(2,3)18-11-7-16(8-12-18)15-17-9-13-19(14-10-17)21(4,5)6;1-17(2,3)16-11-9-15(10-12-16)13-14-7-5-4-6-8-14;2*1-9(2)7-3-4-10(9,8(11)5-7)6-12-13-14-15/h7-14H,15H2,1-6H3;4-12H,13H2,1-3H3;2*7,15H,3-6H2,1-2H3. The van der Waals surface area contributed by atoms with E-state index >= 15 is 0 Å². The maximum absolute atomic E-state index is 12.0. The summed E-state index contributed by atoms with van der Waals surface area (Å²) in [5.74, 6) is 1.58. The summed E-state index contributed by atoms with van der Waals surface area (Å²) < 4.78 is 8.14. The van der Waals surface area contributed by atoms with Crippen molar-refractivity contribution in [2.24, 2.45) is 33.5 Å². The van der Waals surface area contributed by atoms with Gasteiger partial charge in [-0.1, -0.05) is 203 Å². The molecule has 4 atom stereocenters. The largest absolute Gasteiger partial charge is 0.299 e. The molecule has 4 unspecified atom stereocenters. The quantitative estimate of drug-likeness (QED) is 0.0477. The van der Waals surface area contributed by atoms with Crippen molar-refractivity contribution >= 4 is 37.4 Å². The Bertz CT molecular complexity index is 2110. The van der Waals surface area contributed by atoms with Gasteiger partial charge in [-0.2, -0.15) is 0 Å². The lowest BCUT2D eigenvalue weighted by Gasteiger charge is -2.35. The molecule has 372 valence electrons. The third-order valence-electron chi connectivity index (χ3n) is 16.2. The first-order valence-corrected chi connectivity index (χ1v) is 25.1. The fourth-order valence-corrected chi connectivity index (χ4v) is 11.0. The van der Waals surface area contributed by atoms with Crippen molar-refractivity contribution in [2.75, 3.05) is 13.2 Å². The van der Waals surface area contributed by atoms with Gasteiger partial charge in [-0.25, -0.2) is 9.78 Å². The minimum atomic E-state index is -0.385. The molecule has 0 aromatic heterocycles. The van der Waals surface area contributed by atoms with Crippen LogP contribution in [0.2, 0.25) is 0 Å². The van der Waals surface area contributed by atoms with Gasteiger partial charge in [0.05, 0.1) is 24.0 Å². The molecule has 4 aliphatic rings. The Morgan fingerprint density at radius 1 is 0.471 bits per heavy atom. The Kier molecular flexibility index (Phi) is 18.7. The van der Waals surface area contributed by atoms with Gasteiger partial charge in [0, 0.05) is 38.7 Å². The van der Waals surface area contributed by atoms with Gasteiger partial charge in [0.1, 0.15) is 11.6 Å². The third-order valence-corrected chi connectivity index (χ3v) is 16.3. The summed E-state index contributed by atoms with van der Waals surface area (Å²) in [6.45, 7) is 29.4. The number of thiol groups is 2. The summed E-state index contributed by atoms with van der Waals surface area (Å²) in [6.07, 6.45) is 7.36. The SMILES string of the molecule is CC(C)(C)c1ccc(Cc2ccc(C(C)(C)C)cc2)cc1.CC(C)(C)c1ccc(Cc2ccccc2)cc1.CC1(C)C2CCC1(COOOS)C(=O)C2.CC1(C)C2CCC1(COOOS)C(=O)C2. The molecule has 0 saturated heterocycles.